The van der Waals surface area contributed by atoms with Gasteiger partial charge in [0, 0.05) is 33.6 Å². The molecule has 6 amide bonds. The number of urea groups is 1. The largest absolute Gasteiger partial charge is 0.346 e. The molecule has 2 fully saturated rings. The van der Waals surface area contributed by atoms with E-state index in [4.69, 9.17) is 0 Å². The van der Waals surface area contributed by atoms with Crippen molar-refractivity contribution < 1.29 is 28.8 Å². The Balaban J connectivity index is 2.33. The second-order valence-electron chi connectivity index (χ2n) is 15.5. The second-order valence-corrected chi connectivity index (χ2v) is 15.5. The van der Waals surface area contributed by atoms with Crippen molar-refractivity contribution in [2.24, 2.45) is 28.6 Å². The van der Waals surface area contributed by atoms with E-state index in [1.165, 1.54) is 22.8 Å². The number of nitrogens with one attached hydrogen (secondary N) is 4. The van der Waals surface area contributed by atoms with Crippen molar-refractivity contribution in [2.45, 2.75) is 112 Å². The van der Waals surface area contributed by atoms with Crippen LogP contribution in [0.1, 0.15) is 88.0 Å². The van der Waals surface area contributed by atoms with Crippen molar-refractivity contribution in [2.75, 3.05) is 26.7 Å². The van der Waals surface area contributed by atoms with E-state index in [0.29, 0.717) is 19.4 Å². The lowest BCUT2D eigenvalue weighted by Crippen LogP contribution is -2.62. The van der Waals surface area contributed by atoms with Gasteiger partial charge < -0.3 is 31.1 Å². The number of carbonyl (C=O) groups excluding carboxylic acids is 6. The van der Waals surface area contributed by atoms with Crippen LogP contribution in [-0.2, 0) is 24.0 Å². The topological polar surface area (TPSA) is 157 Å². The Morgan fingerprint density at radius 3 is 2.02 bits per heavy atom. The van der Waals surface area contributed by atoms with Crippen LogP contribution >= 0.6 is 0 Å². The number of likely N-dealkylation sites (tertiary alicyclic amines) is 1. The van der Waals surface area contributed by atoms with Crippen LogP contribution < -0.4 is 21.3 Å². The lowest BCUT2D eigenvalue weighted by molar-refractivity contribution is -0.144. The number of Topliss-reactive ketones (excluding diaryl/α,β-unsaturated/α-hetero) is 1. The minimum Gasteiger partial charge on any atom is -0.346 e. The van der Waals surface area contributed by atoms with E-state index in [-0.39, 0.29) is 42.2 Å². The quantitative estimate of drug-likeness (QED) is 0.168. The first-order valence-electron chi connectivity index (χ1n) is 16.5. The third-order valence-corrected chi connectivity index (χ3v) is 9.12. The normalized spacial score (nSPS) is 20.3. The van der Waals surface area contributed by atoms with Gasteiger partial charge in [-0.05, 0) is 41.4 Å². The Morgan fingerprint density at radius 1 is 0.935 bits per heavy atom. The van der Waals surface area contributed by atoms with Crippen LogP contribution in [0, 0.1) is 28.6 Å². The number of hydrogen-bond donors (Lipinski definition) is 4. The molecule has 46 heavy (non-hydrogen) atoms. The van der Waals surface area contributed by atoms with Crippen LogP contribution in [0.25, 0.3) is 0 Å². The molecule has 1 aliphatic carbocycles. The number of ketones is 1. The number of amides is 6. The first-order chi connectivity index (χ1) is 21.2. The van der Waals surface area contributed by atoms with E-state index in [1.807, 2.05) is 55.4 Å². The third kappa shape index (κ3) is 10.8. The van der Waals surface area contributed by atoms with Gasteiger partial charge in [-0.25, -0.2) is 4.79 Å². The minimum atomic E-state index is -1.00. The van der Waals surface area contributed by atoms with E-state index in [1.54, 1.807) is 7.05 Å². The summed E-state index contributed by atoms with van der Waals surface area (Å²) in [4.78, 5) is 82.3. The molecule has 1 saturated heterocycles. The third-order valence-electron chi connectivity index (χ3n) is 9.12. The van der Waals surface area contributed by atoms with Crippen LogP contribution in [0.4, 0.5) is 4.79 Å². The zero-order valence-electron chi connectivity index (χ0n) is 29.6. The Labute approximate surface area is 275 Å². The summed E-state index contributed by atoms with van der Waals surface area (Å²) in [6.07, 6.45) is 4.27. The van der Waals surface area contributed by atoms with Gasteiger partial charge in [-0.15, -0.1) is 6.58 Å². The van der Waals surface area contributed by atoms with Crippen molar-refractivity contribution in [3.63, 3.8) is 0 Å². The molecule has 2 unspecified atom stereocenters. The maximum atomic E-state index is 14.3. The summed E-state index contributed by atoms with van der Waals surface area (Å²) in [7, 11) is 1.67. The van der Waals surface area contributed by atoms with Crippen molar-refractivity contribution >= 4 is 35.4 Å². The average Bonchev–Trinajstić information content (AvgIpc) is 3.64. The summed E-state index contributed by atoms with van der Waals surface area (Å²) in [6.45, 7) is 21.2. The van der Waals surface area contributed by atoms with Gasteiger partial charge in [0.1, 0.15) is 12.1 Å². The molecular weight excluding hydrogens is 588 g/mol. The van der Waals surface area contributed by atoms with E-state index in [0.717, 1.165) is 12.8 Å². The number of nitrogens with zero attached hydrogens (tertiary/aromatic N) is 2. The van der Waals surface area contributed by atoms with Crippen molar-refractivity contribution in [1.29, 1.82) is 0 Å². The van der Waals surface area contributed by atoms with Gasteiger partial charge in [-0.1, -0.05) is 74.3 Å². The minimum absolute atomic E-state index is 0.0529. The number of rotatable bonds is 14. The standard InChI is InChI=1S/C34H58N6O6/c1-12-16-35-30(44)27(42)24(18-22-13-14-22)36-29(43)26-23(20(2)3)15-17-40(26)31(45)28(34(8,9)10)38-32(46)37-25(33(5,6)7)19-39(11)21(4)41/h12,20,22-26,28H,1,13-19H2,2-11H3,(H,35,44)(H,36,43)(H2,37,38,46)/t23?,24?,25-,26+,28-/m1/s1. The van der Waals surface area contributed by atoms with E-state index in [2.05, 4.69) is 27.8 Å². The highest BCUT2D eigenvalue weighted by Crippen LogP contribution is 2.35. The average molecular weight is 647 g/mol. The Bertz CT molecular complexity index is 1150. The molecule has 12 heteroatoms. The molecule has 1 saturated carbocycles. The van der Waals surface area contributed by atoms with Crippen molar-refractivity contribution in [3.8, 4) is 0 Å². The van der Waals surface area contributed by atoms with Crippen LogP contribution in [0.2, 0.25) is 0 Å². The maximum Gasteiger partial charge on any atom is 0.315 e. The molecule has 4 N–H and O–H groups in total. The summed E-state index contributed by atoms with van der Waals surface area (Å²) in [6, 6.07) is -3.81. The fraction of sp³-hybridized carbons (Fsp3) is 0.765. The molecule has 2 rings (SSSR count). The predicted molar refractivity (Wildman–Crippen MR) is 177 cm³/mol. The monoisotopic (exact) mass is 646 g/mol. The van der Waals surface area contributed by atoms with Crippen molar-refractivity contribution in [1.82, 2.24) is 31.1 Å². The molecule has 0 bridgehead atoms. The highest BCUT2D eigenvalue weighted by atomic mass is 16.2. The SMILES string of the molecule is C=CCNC(=O)C(=O)C(CC1CC1)NC(=O)[C@@H]1C(C(C)C)CCN1C(=O)[C@@H](NC(=O)N[C@H](CN(C)C(C)=O)C(C)(C)C)C(C)(C)C. The second kappa shape index (κ2) is 15.9. The van der Waals surface area contributed by atoms with Crippen LogP contribution in [0.5, 0.6) is 0 Å². The molecular formula is C34H58N6O6. The zero-order chi connectivity index (χ0) is 35.1. The van der Waals surface area contributed by atoms with Crippen LogP contribution in [-0.4, -0.2) is 96.1 Å². The van der Waals surface area contributed by atoms with Gasteiger partial charge in [-0.2, -0.15) is 0 Å². The highest BCUT2D eigenvalue weighted by Gasteiger charge is 2.48. The molecule has 0 aromatic heterocycles. The van der Waals surface area contributed by atoms with Crippen LogP contribution in [0.3, 0.4) is 0 Å². The lowest BCUT2D eigenvalue weighted by atomic mass is 9.84. The summed E-state index contributed by atoms with van der Waals surface area (Å²) >= 11 is 0. The van der Waals surface area contributed by atoms with Gasteiger partial charge in [0.25, 0.3) is 5.91 Å². The molecule has 0 aromatic carbocycles. The smallest absolute Gasteiger partial charge is 0.315 e. The number of carbonyl (C=O) groups is 6. The first-order valence-corrected chi connectivity index (χ1v) is 16.5. The number of hydrogen-bond acceptors (Lipinski definition) is 6. The van der Waals surface area contributed by atoms with Gasteiger partial charge in [0.15, 0.2) is 0 Å². The molecule has 0 radical (unpaired) electrons. The molecule has 12 nitrogen and oxygen atoms in total. The molecule has 1 heterocycles. The fourth-order valence-electron chi connectivity index (χ4n) is 5.77. The fourth-order valence-corrected chi connectivity index (χ4v) is 5.77. The van der Waals surface area contributed by atoms with Gasteiger partial charge >= 0.3 is 6.03 Å². The Hall–Kier alpha value is -3.44. The lowest BCUT2D eigenvalue weighted by Gasteiger charge is -2.38. The molecule has 0 spiro atoms. The summed E-state index contributed by atoms with van der Waals surface area (Å²) in [5.41, 5.74) is -1.10. The maximum absolute atomic E-state index is 14.3. The Morgan fingerprint density at radius 2 is 1.54 bits per heavy atom. The van der Waals surface area contributed by atoms with Crippen LogP contribution in [0.15, 0.2) is 12.7 Å². The molecule has 5 atom stereocenters. The first kappa shape index (κ1) is 38.7. The molecule has 0 aromatic rings. The predicted octanol–water partition coefficient (Wildman–Crippen LogP) is 2.62. The van der Waals surface area contributed by atoms with E-state index >= 15 is 0 Å². The Kier molecular flexibility index (Phi) is 13.4. The molecule has 1 aliphatic heterocycles. The zero-order valence-corrected chi connectivity index (χ0v) is 29.6. The summed E-state index contributed by atoms with van der Waals surface area (Å²) < 4.78 is 0. The van der Waals surface area contributed by atoms with Gasteiger partial charge in [0.2, 0.25) is 23.5 Å². The number of likely N-dealkylation sites (N-methyl/N-ethyl adjacent to an activating group) is 1. The van der Waals surface area contributed by atoms with E-state index in [9.17, 15) is 28.8 Å². The molecule has 2 aliphatic rings. The summed E-state index contributed by atoms with van der Waals surface area (Å²) in [5.74, 6) is -2.37. The molecule has 260 valence electrons. The van der Waals surface area contributed by atoms with E-state index < -0.39 is 59.1 Å². The van der Waals surface area contributed by atoms with Gasteiger partial charge in [0.05, 0.1) is 12.1 Å². The van der Waals surface area contributed by atoms with Gasteiger partial charge in [-0.3, -0.25) is 24.0 Å². The van der Waals surface area contributed by atoms with Crippen molar-refractivity contribution in [3.05, 3.63) is 12.7 Å². The summed E-state index contributed by atoms with van der Waals surface area (Å²) in [5, 5.41) is 11.2. The highest BCUT2D eigenvalue weighted by molar-refractivity contribution is 6.38.